The summed E-state index contributed by atoms with van der Waals surface area (Å²) in [5.74, 6) is 0. The van der Waals surface area contributed by atoms with Crippen LogP contribution in [0, 0.1) is 0 Å². The molecule has 1 aromatic heterocycles. The summed E-state index contributed by atoms with van der Waals surface area (Å²) < 4.78 is 0. The van der Waals surface area contributed by atoms with Crippen LogP contribution < -0.4 is 0 Å². The second-order valence-corrected chi connectivity index (χ2v) is 4.51. The second-order valence-electron chi connectivity index (χ2n) is 4.51. The number of pyridine rings is 1. The second kappa shape index (κ2) is 3.54. The van der Waals surface area contributed by atoms with Gasteiger partial charge in [0.25, 0.3) is 0 Å². The van der Waals surface area contributed by atoms with Crippen molar-refractivity contribution < 1.29 is 0 Å². The molecule has 0 aliphatic rings. The summed E-state index contributed by atoms with van der Waals surface area (Å²) in [5, 5.41) is 7.69. The molecule has 0 N–H and O–H groups in total. The van der Waals surface area contributed by atoms with Crippen LogP contribution in [0.1, 0.15) is 0 Å². The molecule has 4 rings (SSSR count). The van der Waals surface area contributed by atoms with Gasteiger partial charge in [-0.3, -0.25) is 4.98 Å². The molecule has 0 atom stereocenters. The third-order valence-electron chi connectivity index (χ3n) is 3.55. The predicted molar refractivity (Wildman–Crippen MR) is 76.8 cm³/mol. The molecular weight excluding hydrogens is 218 g/mol. The van der Waals surface area contributed by atoms with Crippen molar-refractivity contribution in [3.8, 4) is 0 Å². The molecule has 0 aliphatic heterocycles. The third-order valence-corrected chi connectivity index (χ3v) is 3.55. The maximum atomic E-state index is 4.27. The third kappa shape index (κ3) is 1.19. The van der Waals surface area contributed by atoms with E-state index in [1.807, 2.05) is 12.4 Å². The molecule has 0 saturated carbocycles. The van der Waals surface area contributed by atoms with E-state index in [2.05, 4.69) is 59.6 Å². The van der Waals surface area contributed by atoms with Gasteiger partial charge in [0.15, 0.2) is 0 Å². The Bertz CT molecular complexity index is 657. The van der Waals surface area contributed by atoms with Crippen LogP contribution in [0.2, 0.25) is 0 Å². The van der Waals surface area contributed by atoms with Crippen molar-refractivity contribution in [3.05, 3.63) is 67.0 Å². The Hall–Kier alpha value is -2.41. The van der Waals surface area contributed by atoms with Crippen LogP contribution >= 0.6 is 0 Å². The van der Waals surface area contributed by atoms with Crippen molar-refractivity contribution in [1.29, 1.82) is 0 Å². The first-order chi connectivity index (χ1) is 8.95. The Kier molecular flexibility index (Phi) is 1.89. The highest BCUT2D eigenvalue weighted by molar-refractivity contribution is 6.24. The van der Waals surface area contributed by atoms with Gasteiger partial charge in [-0.2, -0.15) is 0 Å². The summed E-state index contributed by atoms with van der Waals surface area (Å²) in [6.07, 6.45) is 3.83. The quantitative estimate of drug-likeness (QED) is 0.403. The van der Waals surface area contributed by atoms with Gasteiger partial charge in [0.2, 0.25) is 0 Å². The van der Waals surface area contributed by atoms with Crippen molar-refractivity contribution >= 4 is 32.3 Å². The minimum atomic E-state index is 1.23. The Morgan fingerprint density at radius 1 is 0.500 bits per heavy atom. The Morgan fingerprint density at radius 3 is 1.50 bits per heavy atom. The first kappa shape index (κ1) is 9.60. The standard InChI is InChI=1S/C17H11N/c1-2-7-14-12(5-1)13-6-3-4-8-15(13)17-11-18-10-9-16(14)17/h1-11H. The molecule has 0 saturated heterocycles. The fourth-order valence-corrected chi connectivity index (χ4v) is 2.75. The van der Waals surface area contributed by atoms with Gasteiger partial charge in [-0.05, 0) is 33.0 Å². The monoisotopic (exact) mass is 229 g/mol. The fourth-order valence-electron chi connectivity index (χ4n) is 2.75. The van der Waals surface area contributed by atoms with E-state index in [0.29, 0.717) is 0 Å². The number of nitrogens with zero attached hydrogens (tertiary/aromatic N) is 1. The van der Waals surface area contributed by atoms with E-state index in [0.717, 1.165) is 0 Å². The summed E-state index contributed by atoms with van der Waals surface area (Å²) in [7, 11) is 0. The summed E-state index contributed by atoms with van der Waals surface area (Å²) in [5.41, 5.74) is 0. The van der Waals surface area contributed by atoms with E-state index < -0.39 is 0 Å². The maximum absolute atomic E-state index is 4.27. The van der Waals surface area contributed by atoms with Gasteiger partial charge in [-0.1, -0.05) is 48.5 Å². The lowest BCUT2D eigenvalue weighted by Crippen LogP contribution is -1.83. The summed E-state index contributed by atoms with van der Waals surface area (Å²) >= 11 is 0. The normalized spacial score (nSPS) is 11.3. The summed E-state index contributed by atoms with van der Waals surface area (Å²) in [6, 6.07) is 19.2. The van der Waals surface area contributed by atoms with Gasteiger partial charge in [0.1, 0.15) is 0 Å². The fraction of sp³-hybridized carbons (Fsp3) is 0. The molecule has 0 amide bonds. The smallest absolute Gasteiger partial charge is 0.0352 e. The predicted octanol–water partition coefficient (Wildman–Crippen LogP) is 4.54. The van der Waals surface area contributed by atoms with Gasteiger partial charge in [-0.25, -0.2) is 0 Å². The van der Waals surface area contributed by atoms with E-state index in [4.69, 9.17) is 0 Å². The SMILES string of the molecule is c1ccc2c(c1)c1ccccc1c1cnccc21. The highest BCUT2D eigenvalue weighted by Crippen LogP contribution is 2.33. The van der Waals surface area contributed by atoms with Gasteiger partial charge in [0, 0.05) is 17.8 Å². The molecule has 0 spiro atoms. The number of aromatic nitrogens is 1. The molecule has 1 heteroatoms. The molecule has 18 heavy (non-hydrogen) atoms. The molecule has 0 aliphatic carbocycles. The first-order valence-corrected chi connectivity index (χ1v) is 6.08. The zero-order valence-electron chi connectivity index (χ0n) is 9.80. The molecule has 1 nitrogen and oxygen atoms in total. The largest absolute Gasteiger partial charge is 0.264 e. The number of hydrogen-bond acceptors (Lipinski definition) is 1. The van der Waals surface area contributed by atoms with Crippen molar-refractivity contribution in [2.75, 3.05) is 0 Å². The molecule has 0 fully saturated rings. The Balaban J connectivity index is 2.46. The van der Waals surface area contributed by atoms with Crippen LogP contribution in [0.4, 0.5) is 0 Å². The summed E-state index contributed by atoms with van der Waals surface area (Å²) in [4.78, 5) is 4.27. The van der Waals surface area contributed by atoms with Crippen molar-refractivity contribution in [2.24, 2.45) is 0 Å². The van der Waals surface area contributed by atoms with Crippen LogP contribution in [-0.4, -0.2) is 4.98 Å². The minimum Gasteiger partial charge on any atom is -0.264 e. The molecule has 84 valence electrons. The minimum absolute atomic E-state index is 1.23. The summed E-state index contributed by atoms with van der Waals surface area (Å²) in [6.45, 7) is 0. The topological polar surface area (TPSA) is 12.9 Å². The average Bonchev–Trinajstić information content (AvgIpc) is 2.48. The Morgan fingerprint density at radius 2 is 0.944 bits per heavy atom. The highest BCUT2D eigenvalue weighted by atomic mass is 14.6. The number of rotatable bonds is 0. The van der Waals surface area contributed by atoms with E-state index in [9.17, 15) is 0 Å². The molecule has 1 heterocycles. The molecule has 0 unspecified atom stereocenters. The number of benzene rings is 3. The zero-order valence-corrected chi connectivity index (χ0v) is 9.80. The average molecular weight is 229 g/mol. The van der Waals surface area contributed by atoms with E-state index in [-0.39, 0.29) is 0 Å². The zero-order chi connectivity index (χ0) is 11.9. The molecule has 3 aromatic carbocycles. The lowest BCUT2D eigenvalue weighted by Gasteiger charge is -2.09. The maximum Gasteiger partial charge on any atom is 0.0352 e. The lowest BCUT2D eigenvalue weighted by molar-refractivity contribution is 1.37. The van der Waals surface area contributed by atoms with E-state index in [1.165, 1.54) is 32.3 Å². The van der Waals surface area contributed by atoms with Gasteiger partial charge in [-0.15, -0.1) is 0 Å². The molecule has 0 radical (unpaired) electrons. The number of hydrogen-bond donors (Lipinski definition) is 0. The van der Waals surface area contributed by atoms with Gasteiger partial charge >= 0.3 is 0 Å². The van der Waals surface area contributed by atoms with Crippen LogP contribution in [0.15, 0.2) is 67.0 Å². The lowest BCUT2D eigenvalue weighted by atomic mass is 9.96. The van der Waals surface area contributed by atoms with E-state index in [1.54, 1.807) is 0 Å². The van der Waals surface area contributed by atoms with Crippen LogP contribution in [-0.2, 0) is 0 Å². The molecule has 0 bridgehead atoms. The van der Waals surface area contributed by atoms with Crippen molar-refractivity contribution in [1.82, 2.24) is 4.98 Å². The number of fused-ring (bicyclic) bond motifs is 6. The van der Waals surface area contributed by atoms with Crippen LogP contribution in [0.25, 0.3) is 32.3 Å². The van der Waals surface area contributed by atoms with Crippen molar-refractivity contribution in [2.45, 2.75) is 0 Å². The molecule has 4 aromatic rings. The first-order valence-electron chi connectivity index (χ1n) is 6.08. The van der Waals surface area contributed by atoms with Crippen LogP contribution in [0.5, 0.6) is 0 Å². The highest BCUT2D eigenvalue weighted by Gasteiger charge is 2.06. The van der Waals surface area contributed by atoms with Crippen LogP contribution in [0.3, 0.4) is 0 Å². The van der Waals surface area contributed by atoms with Gasteiger partial charge in [0.05, 0.1) is 0 Å². The Labute approximate surface area is 105 Å². The van der Waals surface area contributed by atoms with Crippen molar-refractivity contribution in [3.63, 3.8) is 0 Å². The van der Waals surface area contributed by atoms with Gasteiger partial charge < -0.3 is 0 Å². The van der Waals surface area contributed by atoms with E-state index >= 15 is 0 Å². The molecular formula is C17H11N.